The predicted molar refractivity (Wildman–Crippen MR) is 69.4 cm³/mol. The molecule has 1 aromatic rings. The van der Waals surface area contributed by atoms with Gasteiger partial charge in [0.05, 0.1) is 6.07 Å². The fourth-order valence-electron chi connectivity index (χ4n) is 2.80. The lowest BCUT2D eigenvalue weighted by Crippen LogP contribution is -2.47. The molecule has 1 saturated carbocycles. The van der Waals surface area contributed by atoms with Crippen LogP contribution in [0, 0.1) is 17.2 Å². The van der Waals surface area contributed by atoms with Crippen LogP contribution in [0.25, 0.3) is 0 Å². The lowest BCUT2D eigenvalue weighted by molar-refractivity contribution is 0.306. The van der Waals surface area contributed by atoms with E-state index < -0.39 is 0 Å². The Morgan fingerprint density at radius 1 is 1.41 bits per heavy atom. The van der Waals surface area contributed by atoms with Crippen LogP contribution in [0.5, 0.6) is 0 Å². The van der Waals surface area contributed by atoms with E-state index >= 15 is 0 Å². The van der Waals surface area contributed by atoms with Crippen molar-refractivity contribution in [2.75, 3.05) is 0 Å². The molecule has 0 bridgehead atoms. The Balaban J connectivity index is 2.13. The topological polar surface area (TPSA) is 35.8 Å². The van der Waals surface area contributed by atoms with E-state index in [1.807, 2.05) is 18.2 Å². The molecule has 90 valence electrons. The van der Waals surface area contributed by atoms with Gasteiger partial charge in [0.2, 0.25) is 0 Å². The first-order valence-electron chi connectivity index (χ1n) is 6.42. The Morgan fingerprint density at radius 2 is 2.12 bits per heavy atom. The second-order valence-electron chi connectivity index (χ2n) is 5.15. The van der Waals surface area contributed by atoms with Gasteiger partial charge in [0.25, 0.3) is 0 Å². The van der Waals surface area contributed by atoms with E-state index in [-0.39, 0.29) is 11.6 Å². The minimum Gasteiger partial charge on any atom is -0.293 e. The fourth-order valence-corrected chi connectivity index (χ4v) is 2.80. The van der Waals surface area contributed by atoms with Gasteiger partial charge in [0.15, 0.2) is 0 Å². The molecule has 0 saturated heterocycles. The highest BCUT2D eigenvalue weighted by Gasteiger charge is 2.41. The summed E-state index contributed by atoms with van der Waals surface area (Å²) in [6, 6.07) is 13.1. The van der Waals surface area contributed by atoms with Crippen LogP contribution >= 0.6 is 0 Å². The monoisotopic (exact) mass is 228 g/mol. The Bertz CT molecular complexity index is 407. The van der Waals surface area contributed by atoms with Crippen molar-refractivity contribution in [2.45, 2.75) is 44.7 Å². The molecule has 1 aliphatic carbocycles. The molecule has 17 heavy (non-hydrogen) atoms. The van der Waals surface area contributed by atoms with Gasteiger partial charge in [-0.2, -0.15) is 5.26 Å². The summed E-state index contributed by atoms with van der Waals surface area (Å²) >= 11 is 0. The van der Waals surface area contributed by atoms with Crippen LogP contribution in [0.1, 0.15) is 44.7 Å². The summed E-state index contributed by atoms with van der Waals surface area (Å²) in [7, 11) is 0. The molecule has 0 amide bonds. The zero-order chi connectivity index (χ0) is 12.3. The summed E-state index contributed by atoms with van der Waals surface area (Å²) in [6.45, 7) is 4.32. The number of hydrogen-bond donors (Lipinski definition) is 1. The predicted octanol–water partition coefficient (Wildman–Crippen LogP) is 3.42. The number of rotatable bonds is 3. The molecular weight excluding hydrogens is 208 g/mol. The fraction of sp³-hybridized carbons (Fsp3) is 0.533. The van der Waals surface area contributed by atoms with E-state index in [1.165, 1.54) is 5.56 Å². The highest BCUT2D eigenvalue weighted by molar-refractivity contribution is 5.21. The number of nitrogens with one attached hydrogen (secondary N) is 1. The first kappa shape index (κ1) is 12.1. The highest BCUT2D eigenvalue weighted by Crippen LogP contribution is 2.36. The first-order chi connectivity index (χ1) is 8.18. The average molecular weight is 228 g/mol. The van der Waals surface area contributed by atoms with Crippen molar-refractivity contribution in [3.63, 3.8) is 0 Å². The second-order valence-corrected chi connectivity index (χ2v) is 5.15. The molecule has 2 rings (SSSR count). The van der Waals surface area contributed by atoms with Crippen molar-refractivity contribution < 1.29 is 0 Å². The summed E-state index contributed by atoms with van der Waals surface area (Å²) in [5, 5.41) is 13.0. The Labute approximate surface area is 104 Å². The SMILES string of the molecule is C[C@@H](N[C@]1(C#N)CCC[C@@H]1C)c1ccccc1. The summed E-state index contributed by atoms with van der Waals surface area (Å²) < 4.78 is 0. The third kappa shape index (κ3) is 2.35. The van der Waals surface area contributed by atoms with Crippen LogP contribution in [0.4, 0.5) is 0 Å². The van der Waals surface area contributed by atoms with Crippen molar-refractivity contribution in [1.29, 1.82) is 5.26 Å². The standard InChI is InChI=1S/C15H20N2/c1-12-7-6-10-15(12,11-16)17-13(2)14-8-4-3-5-9-14/h3-5,8-9,12-13,17H,6-7,10H2,1-2H3/t12-,13+,15-/m0/s1. The zero-order valence-corrected chi connectivity index (χ0v) is 10.6. The molecule has 0 heterocycles. The van der Waals surface area contributed by atoms with Crippen LogP contribution in [0.3, 0.4) is 0 Å². The number of hydrogen-bond acceptors (Lipinski definition) is 2. The van der Waals surface area contributed by atoms with Gasteiger partial charge in [0, 0.05) is 6.04 Å². The van der Waals surface area contributed by atoms with Crippen LogP contribution < -0.4 is 5.32 Å². The third-order valence-corrected chi connectivity index (χ3v) is 4.02. The molecule has 0 unspecified atom stereocenters. The van der Waals surface area contributed by atoms with Gasteiger partial charge in [-0.15, -0.1) is 0 Å². The molecule has 0 spiro atoms. The van der Waals surface area contributed by atoms with Crippen molar-refractivity contribution in [2.24, 2.45) is 5.92 Å². The molecule has 2 heteroatoms. The molecule has 3 atom stereocenters. The Morgan fingerprint density at radius 3 is 2.65 bits per heavy atom. The third-order valence-electron chi connectivity index (χ3n) is 4.02. The van der Waals surface area contributed by atoms with Crippen LogP contribution in [-0.2, 0) is 0 Å². The molecular formula is C15H20N2. The molecule has 0 radical (unpaired) electrons. The molecule has 0 aliphatic heterocycles. The largest absolute Gasteiger partial charge is 0.293 e. The van der Waals surface area contributed by atoms with Gasteiger partial charge >= 0.3 is 0 Å². The lowest BCUT2D eigenvalue weighted by Gasteiger charge is -2.31. The van der Waals surface area contributed by atoms with Crippen LogP contribution in [-0.4, -0.2) is 5.54 Å². The number of nitrogens with zero attached hydrogens (tertiary/aromatic N) is 1. The first-order valence-corrected chi connectivity index (χ1v) is 6.42. The number of benzene rings is 1. The van der Waals surface area contributed by atoms with Gasteiger partial charge in [0.1, 0.15) is 5.54 Å². The van der Waals surface area contributed by atoms with Gasteiger partial charge in [-0.25, -0.2) is 0 Å². The van der Waals surface area contributed by atoms with Gasteiger partial charge < -0.3 is 0 Å². The molecule has 1 N–H and O–H groups in total. The van der Waals surface area contributed by atoms with Gasteiger partial charge in [-0.3, -0.25) is 5.32 Å². The van der Waals surface area contributed by atoms with Crippen molar-refractivity contribution in [3.05, 3.63) is 35.9 Å². The molecule has 0 aromatic heterocycles. The van der Waals surface area contributed by atoms with E-state index in [9.17, 15) is 5.26 Å². The summed E-state index contributed by atoms with van der Waals surface area (Å²) in [6.07, 6.45) is 3.28. The van der Waals surface area contributed by atoms with E-state index in [0.717, 1.165) is 19.3 Å². The minimum atomic E-state index is -0.324. The van der Waals surface area contributed by atoms with Crippen LogP contribution in [0.15, 0.2) is 30.3 Å². The van der Waals surface area contributed by atoms with E-state index in [2.05, 4.69) is 37.4 Å². The van der Waals surface area contributed by atoms with E-state index in [0.29, 0.717) is 5.92 Å². The second kappa shape index (κ2) is 4.89. The summed E-state index contributed by atoms with van der Waals surface area (Å²) in [5.41, 5.74) is 0.927. The minimum absolute atomic E-state index is 0.233. The molecule has 1 aromatic carbocycles. The summed E-state index contributed by atoms with van der Waals surface area (Å²) in [5.74, 6) is 0.443. The maximum atomic E-state index is 9.47. The van der Waals surface area contributed by atoms with E-state index in [4.69, 9.17) is 0 Å². The van der Waals surface area contributed by atoms with E-state index in [1.54, 1.807) is 0 Å². The average Bonchev–Trinajstić information content (AvgIpc) is 2.72. The number of nitriles is 1. The molecule has 1 aliphatic rings. The normalized spacial score (nSPS) is 29.8. The quantitative estimate of drug-likeness (QED) is 0.860. The molecule has 1 fully saturated rings. The molecule has 2 nitrogen and oxygen atoms in total. The van der Waals surface area contributed by atoms with Gasteiger partial charge in [-0.1, -0.05) is 43.7 Å². The summed E-state index contributed by atoms with van der Waals surface area (Å²) in [4.78, 5) is 0. The highest BCUT2D eigenvalue weighted by atomic mass is 15.0. The smallest absolute Gasteiger partial charge is 0.109 e. The Hall–Kier alpha value is -1.33. The maximum Gasteiger partial charge on any atom is 0.109 e. The Kier molecular flexibility index (Phi) is 3.49. The lowest BCUT2D eigenvalue weighted by atomic mass is 9.88. The maximum absolute atomic E-state index is 9.47. The zero-order valence-electron chi connectivity index (χ0n) is 10.6. The van der Waals surface area contributed by atoms with Crippen molar-refractivity contribution >= 4 is 0 Å². The van der Waals surface area contributed by atoms with Crippen LogP contribution in [0.2, 0.25) is 0 Å². The van der Waals surface area contributed by atoms with Crippen molar-refractivity contribution in [1.82, 2.24) is 5.32 Å². The van der Waals surface area contributed by atoms with Crippen molar-refractivity contribution in [3.8, 4) is 6.07 Å². The van der Waals surface area contributed by atoms with Gasteiger partial charge in [-0.05, 0) is 31.2 Å².